The molecule has 2 rings (SSSR count). The maximum absolute atomic E-state index is 11.9. The molecule has 1 aliphatic rings. The van der Waals surface area contributed by atoms with Crippen LogP contribution in [0, 0.1) is 5.41 Å². The summed E-state index contributed by atoms with van der Waals surface area (Å²) in [5.74, 6) is 0.0647. The van der Waals surface area contributed by atoms with Gasteiger partial charge in [-0.2, -0.15) is 5.10 Å². The predicted octanol–water partition coefficient (Wildman–Crippen LogP) is 3.47. The van der Waals surface area contributed by atoms with E-state index in [1.807, 2.05) is 24.3 Å². The number of benzene rings is 1. The van der Waals surface area contributed by atoms with Gasteiger partial charge in [-0.05, 0) is 17.7 Å². The lowest BCUT2D eigenvalue weighted by molar-refractivity contribution is -0.129. The molecule has 3 nitrogen and oxygen atoms in total. The second-order valence-corrected chi connectivity index (χ2v) is 5.99. The Morgan fingerprint density at radius 3 is 2.39 bits per heavy atom. The molecule has 0 aliphatic carbocycles. The number of nitrogens with zero attached hydrogens (tertiary/aromatic N) is 2. The summed E-state index contributed by atoms with van der Waals surface area (Å²) in [5, 5.41) is 6.67. The molecule has 0 spiro atoms. The van der Waals surface area contributed by atoms with Crippen LogP contribution in [0.3, 0.4) is 0 Å². The monoisotopic (exact) mass is 264 g/mol. The highest BCUT2D eigenvalue weighted by atomic mass is 35.5. The highest BCUT2D eigenvalue weighted by molar-refractivity contribution is 6.30. The number of hydrogen-bond donors (Lipinski definition) is 0. The number of carbonyl (C=O) groups is 1. The molecule has 0 saturated heterocycles. The van der Waals surface area contributed by atoms with Crippen molar-refractivity contribution in [2.45, 2.75) is 33.7 Å². The van der Waals surface area contributed by atoms with Crippen molar-refractivity contribution in [3.8, 4) is 0 Å². The molecule has 0 bridgehead atoms. The van der Waals surface area contributed by atoms with Crippen molar-refractivity contribution < 1.29 is 4.79 Å². The molecule has 1 aromatic carbocycles. The standard InChI is InChI=1S/C14H17ClN2O/c1-14(2,3)12-8-13(18)17(16-12)9-10-4-6-11(15)7-5-10/h4-7H,8-9H2,1-3H3. The average Bonchev–Trinajstić information content (AvgIpc) is 2.63. The van der Waals surface area contributed by atoms with Crippen LogP contribution in [0.5, 0.6) is 0 Å². The minimum Gasteiger partial charge on any atom is -0.273 e. The van der Waals surface area contributed by atoms with Crippen LogP contribution < -0.4 is 0 Å². The first-order valence-corrected chi connectivity index (χ1v) is 6.37. The smallest absolute Gasteiger partial charge is 0.248 e. The third kappa shape index (κ3) is 2.91. The van der Waals surface area contributed by atoms with E-state index in [1.54, 1.807) is 5.01 Å². The maximum Gasteiger partial charge on any atom is 0.248 e. The molecule has 0 fully saturated rings. The molecule has 1 aromatic rings. The molecule has 18 heavy (non-hydrogen) atoms. The summed E-state index contributed by atoms with van der Waals surface area (Å²) in [6.45, 7) is 6.73. The Bertz CT molecular complexity index is 486. The Morgan fingerprint density at radius 1 is 1.28 bits per heavy atom. The summed E-state index contributed by atoms with van der Waals surface area (Å²) < 4.78 is 0. The summed E-state index contributed by atoms with van der Waals surface area (Å²) in [7, 11) is 0. The number of amides is 1. The van der Waals surface area contributed by atoms with Crippen molar-refractivity contribution in [2.75, 3.05) is 0 Å². The van der Waals surface area contributed by atoms with Crippen LogP contribution in [-0.4, -0.2) is 16.6 Å². The van der Waals surface area contributed by atoms with Crippen molar-refractivity contribution in [2.24, 2.45) is 10.5 Å². The zero-order valence-electron chi connectivity index (χ0n) is 10.9. The van der Waals surface area contributed by atoms with Crippen molar-refractivity contribution >= 4 is 23.2 Å². The Balaban J connectivity index is 2.12. The van der Waals surface area contributed by atoms with Gasteiger partial charge in [-0.1, -0.05) is 44.5 Å². The lowest BCUT2D eigenvalue weighted by Gasteiger charge is -2.16. The summed E-state index contributed by atoms with van der Waals surface area (Å²) in [4.78, 5) is 11.9. The first kappa shape index (κ1) is 13.1. The van der Waals surface area contributed by atoms with Crippen LogP contribution in [-0.2, 0) is 11.3 Å². The largest absolute Gasteiger partial charge is 0.273 e. The molecule has 0 atom stereocenters. The molecule has 1 aliphatic heterocycles. The number of carbonyl (C=O) groups excluding carboxylic acids is 1. The van der Waals surface area contributed by atoms with Gasteiger partial charge in [-0.25, -0.2) is 5.01 Å². The van der Waals surface area contributed by atoms with Crippen LogP contribution in [0.1, 0.15) is 32.8 Å². The van der Waals surface area contributed by atoms with Gasteiger partial charge in [0, 0.05) is 10.4 Å². The minimum absolute atomic E-state index is 0.0512. The van der Waals surface area contributed by atoms with Gasteiger partial charge < -0.3 is 0 Å². The summed E-state index contributed by atoms with van der Waals surface area (Å²) in [6, 6.07) is 7.48. The van der Waals surface area contributed by atoms with E-state index in [-0.39, 0.29) is 11.3 Å². The molecule has 96 valence electrons. The normalized spacial score (nSPS) is 16.1. The third-order valence-corrected chi connectivity index (χ3v) is 3.21. The quantitative estimate of drug-likeness (QED) is 0.805. The second-order valence-electron chi connectivity index (χ2n) is 5.55. The van der Waals surface area contributed by atoms with Gasteiger partial charge in [0.2, 0.25) is 5.91 Å². The average molecular weight is 265 g/mol. The van der Waals surface area contributed by atoms with Crippen LogP contribution in [0.4, 0.5) is 0 Å². The van der Waals surface area contributed by atoms with Crippen molar-refractivity contribution in [3.05, 3.63) is 34.9 Å². The van der Waals surface area contributed by atoms with E-state index < -0.39 is 0 Å². The zero-order chi connectivity index (χ0) is 13.3. The van der Waals surface area contributed by atoms with Gasteiger partial charge >= 0.3 is 0 Å². The third-order valence-electron chi connectivity index (χ3n) is 2.96. The van der Waals surface area contributed by atoms with Crippen LogP contribution in [0.2, 0.25) is 5.02 Å². The van der Waals surface area contributed by atoms with Gasteiger partial charge in [0.1, 0.15) is 0 Å². The number of hydrazone groups is 1. The lowest BCUT2D eigenvalue weighted by Crippen LogP contribution is -2.20. The second kappa shape index (κ2) is 4.73. The van der Waals surface area contributed by atoms with E-state index in [4.69, 9.17) is 11.6 Å². The number of rotatable bonds is 2. The molecular formula is C14H17ClN2O. The fourth-order valence-electron chi connectivity index (χ4n) is 1.77. The molecule has 0 unspecified atom stereocenters. The zero-order valence-corrected chi connectivity index (χ0v) is 11.7. The highest BCUT2D eigenvalue weighted by Gasteiger charge is 2.30. The number of halogens is 1. The molecule has 1 amide bonds. The van der Waals surface area contributed by atoms with E-state index in [1.165, 1.54) is 0 Å². The molecule has 0 N–H and O–H groups in total. The molecule has 4 heteroatoms. The first-order chi connectivity index (χ1) is 8.36. The van der Waals surface area contributed by atoms with Crippen LogP contribution in [0.15, 0.2) is 29.4 Å². The van der Waals surface area contributed by atoms with Gasteiger partial charge in [-0.3, -0.25) is 4.79 Å². The van der Waals surface area contributed by atoms with Crippen molar-refractivity contribution in [1.82, 2.24) is 5.01 Å². The number of hydrogen-bond acceptors (Lipinski definition) is 2. The van der Waals surface area contributed by atoms with Gasteiger partial charge in [0.25, 0.3) is 0 Å². The lowest BCUT2D eigenvalue weighted by atomic mass is 9.88. The topological polar surface area (TPSA) is 32.7 Å². The van der Waals surface area contributed by atoms with Crippen LogP contribution in [0.25, 0.3) is 0 Å². The minimum atomic E-state index is -0.0512. The van der Waals surface area contributed by atoms with Gasteiger partial charge in [-0.15, -0.1) is 0 Å². The van der Waals surface area contributed by atoms with Gasteiger partial charge in [0.15, 0.2) is 0 Å². The Kier molecular flexibility index (Phi) is 3.44. The summed E-state index contributed by atoms with van der Waals surface area (Å²) in [5.41, 5.74) is 1.93. The fraction of sp³-hybridized carbons (Fsp3) is 0.429. The Morgan fingerprint density at radius 2 is 1.89 bits per heavy atom. The van der Waals surface area contributed by atoms with E-state index in [2.05, 4.69) is 25.9 Å². The van der Waals surface area contributed by atoms with E-state index in [0.29, 0.717) is 18.0 Å². The highest BCUT2D eigenvalue weighted by Crippen LogP contribution is 2.25. The molecule has 0 radical (unpaired) electrons. The Hall–Kier alpha value is -1.35. The summed E-state index contributed by atoms with van der Waals surface area (Å²) >= 11 is 5.83. The molecule has 1 heterocycles. The first-order valence-electron chi connectivity index (χ1n) is 5.99. The Labute approximate surface area is 112 Å². The molecule has 0 aromatic heterocycles. The van der Waals surface area contributed by atoms with E-state index >= 15 is 0 Å². The predicted molar refractivity (Wildman–Crippen MR) is 73.5 cm³/mol. The molecular weight excluding hydrogens is 248 g/mol. The van der Waals surface area contributed by atoms with E-state index in [0.717, 1.165) is 11.3 Å². The molecule has 0 saturated carbocycles. The fourth-order valence-corrected chi connectivity index (χ4v) is 1.90. The van der Waals surface area contributed by atoms with Gasteiger partial charge in [0.05, 0.1) is 18.7 Å². The van der Waals surface area contributed by atoms with Crippen molar-refractivity contribution in [3.63, 3.8) is 0 Å². The maximum atomic E-state index is 11.9. The SMILES string of the molecule is CC(C)(C)C1=NN(Cc2ccc(Cl)cc2)C(=O)C1. The van der Waals surface area contributed by atoms with Crippen molar-refractivity contribution in [1.29, 1.82) is 0 Å². The van der Waals surface area contributed by atoms with Crippen LogP contribution >= 0.6 is 11.6 Å². The van der Waals surface area contributed by atoms with E-state index in [9.17, 15) is 4.79 Å². The summed E-state index contributed by atoms with van der Waals surface area (Å²) in [6.07, 6.45) is 0.428.